The lowest BCUT2D eigenvalue weighted by Crippen LogP contribution is -1.92. The van der Waals surface area contributed by atoms with Gasteiger partial charge in [0.15, 0.2) is 0 Å². The number of aryl methyl sites for hydroxylation is 2. The van der Waals surface area contributed by atoms with Gasteiger partial charge in [-0.1, -0.05) is 60.7 Å². The number of fused-ring (bicyclic) bond motifs is 3. The van der Waals surface area contributed by atoms with Gasteiger partial charge in [0.1, 0.15) is 0 Å². The minimum absolute atomic E-state index is 1.21. The van der Waals surface area contributed by atoms with Crippen LogP contribution in [0.15, 0.2) is 61.7 Å². The van der Waals surface area contributed by atoms with Gasteiger partial charge in [0.25, 0.3) is 0 Å². The molecule has 3 aromatic rings. The van der Waals surface area contributed by atoms with Crippen molar-refractivity contribution in [3.63, 3.8) is 0 Å². The summed E-state index contributed by atoms with van der Waals surface area (Å²) < 4.78 is 0. The third-order valence-corrected chi connectivity index (χ3v) is 4.27. The van der Waals surface area contributed by atoms with Crippen LogP contribution in [0.5, 0.6) is 0 Å². The molecular weight excluding hydrogens is 288 g/mol. The molecule has 0 bridgehead atoms. The molecule has 0 N–H and O–H groups in total. The van der Waals surface area contributed by atoms with Crippen LogP contribution < -0.4 is 0 Å². The van der Waals surface area contributed by atoms with Crippen LogP contribution in [0.1, 0.15) is 36.1 Å². The largest absolute Gasteiger partial charge is 0.106 e. The molecule has 0 aliphatic carbocycles. The standard InChI is InChI=1S/C22H22.C2H4/c1-6-17-12-16(5)22-19-10-8-7-9-18(19)15(4)13-21(22)20(17)11-14(2)3;1-2/h6-13H,1H2,2-5H3;1-2H2. The van der Waals surface area contributed by atoms with E-state index in [-0.39, 0.29) is 0 Å². The molecule has 122 valence electrons. The molecule has 0 saturated heterocycles. The van der Waals surface area contributed by atoms with Crippen LogP contribution in [0.2, 0.25) is 0 Å². The molecule has 0 amide bonds. The summed E-state index contributed by atoms with van der Waals surface area (Å²) in [5.41, 5.74) is 6.43. The number of hydrogen-bond acceptors (Lipinski definition) is 0. The molecule has 0 heteroatoms. The van der Waals surface area contributed by atoms with Crippen molar-refractivity contribution in [1.82, 2.24) is 0 Å². The number of rotatable bonds is 2. The molecule has 24 heavy (non-hydrogen) atoms. The lowest BCUT2D eigenvalue weighted by Gasteiger charge is -2.15. The highest BCUT2D eigenvalue weighted by Crippen LogP contribution is 2.35. The summed E-state index contributed by atoms with van der Waals surface area (Å²) in [4.78, 5) is 0. The fraction of sp³-hybridized carbons (Fsp3) is 0.167. The van der Waals surface area contributed by atoms with E-state index >= 15 is 0 Å². The number of benzene rings is 3. The fourth-order valence-electron chi connectivity index (χ4n) is 3.35. The van der Waals surface area contributed by atoms with Gasteiger partial charge < -0.3 is 0 Å². The zero-order valence-corrected chi connectivity index (χ0v) is 15.2. The fourth-order valence-corrected chi connectivity index (χ4v) is 3.35. The van der Waals surface area contributed by atoms with Crippen molar-refractivity contribution in [1.29, 1.82) is 0 Å². The van der Waals surface area contributed by atoms with Gasteiger partial charge in [0, 0.05) is 0 Å². The second kappa shape index (κ2) is 7.31. The zero-order chi connectivity index (χ0) is 17.9. The van der Waals surface area contributed by atoms with E-state index in [4.69, 9.17) is 0 Å². The summed E-state index contributed by atoms with van der Waals surface area (Å²) in [5.74, 6) is 0. The van der Waals surface area contributed by atoms with Crippen LogP contribution >= 0.6 is 0 Å². The van der Waals surface area contributed by atoms with Crippen LogP contribution in [0.4, 0.5) is 0 Å². The Balaban J connectivity index is 0.00000100. The molecule has 0 unspecified atom stereocenters. The zero-order valence-electron chi connectivity index (χ0n) is 15.2. The van der Waals surface area contributed by atoms with Gasteiger partial charge in [0.2, 0.25) is 0 Å². The van der Waals surface area contributed by atoms with Crippen molar-refractivity contribution in [2.45, 2.75) is 27.7 Å². The van der Waals surface area contributed by atoms with Gasteiger partial charge >= 0.3 is 0 Å². The topological polar surface area (TPSA) is 0 Å². The summed E-state index contributed by atoms with van der Waals surface area (Å²) in [6, 6.07) is 13.3. The van der Waals surface area contributed by atoms with Crippen LogP contribution in [-0.4, -0.2) is 0 Å². The molecule has 0 fully saturated rings. The van der Waals surface area contributed by atoms with E-state index in [1.54, 1.807) is 0 Å². The Hall–Kier alpha value is -2.60. The summed E-state index contributed by atoms with van der Waals surface area (Å²) in [7, 11) is 0. The lowest BCUT2D eigenvalue weighted by molar-refractivity contribution is 1.42. The lowest BCUT2D eigenvalue weighted by atomic mass is 9.89. The Morgan fingerprint density at radius 1 is 0.875 bits per heavy atom. The van der Waals surface area contributed by atoms with Crippen LogP contribution in [0.3, 0.4) is 0 Å². The van der Waals surface area contributed by atoms with Crippen molar-refractivity contribution in [2.75, 3.05) is 0 Å². The number of allylic oxidation sites excluding steroid dienone is 1. The summed E-state index contributed by atoms with van der Waals surface area (Å²) in [6.45, 7) is 18.7. The van der Waals surface area contributed by atoms with Gasteiger partial charge in [-0.25, -0.2) is 0 Å². The highest BCUT2D eigenvalue weighted by atomic mass is 14.2. The van der Waals surface area contributed by atoms with Crippen LogP contribution in [-0.2, 0) is 0 Å². The van der Waals surface area contributed by atoms with Crippen molar-refractivity contribution in [2.24, 2.45) is 0 Å². The third-order valence-electron chi connectivity index (χ3n) is 4.27. The SMILES string of the molecule is C=C.C=Cc1cc(C)c2c(cc(C)c3ccccc32)c1C=C(C)C. The second-order valence-corrected chi connectivity index (χ2v) is 6.28. The van der Waals surface area contributed by atoms with E-state index in [1.807, 2.05) is 6.08 Å². The number of hydrogen-bond donors (Lipinski definition) is 0. The van der Waals surface area contributed by atoms with Crippen LogP contribution in [0.25, 0.3) is 33.7 Å². The molecule has 0 radical (unpaired) electrons. The first-order valence-electron chi connectivity index (χ1n) is 8.26. The molecule has 0 atom stereocenters. The van der Waals surface area contributed by atoms with E-state index in [2.05, 4.69) is 89.9 Å². The normalized spacial score (nSPS) is 10.2. The third kappa shape index (κ3) is 3.05. The first-order valence-corrected chi connectivity index (χ1v) is 8.26. The average Bonchev–Trinajstić information content (AvgIpc) is 2.58. The van der Waals surface area contributed by atoms with E-state index in [0.29, 0.717) is 0 Å². The summed E-state index contributed by atoms with van der Waals surface area (Å²) in [5, 5.41) is 5.37. The van der Waals surface area contributed by atoms with E-state index in [0.717, 1.165) is 0 Å². The predicted molar refractivity (Wildman–Crippen MR) is 112 cm³/mol. The van der Waals surface area contributed by atoms with Gasteiger partial charge in [0.05, 0.1) is 0 Å². The Kier molecular flexibility index (Phi) is 5.41. The monoisotopic (exact) mass is 314 g/mol. The van der Waals surface area contributed by atoms with Gasteiger partial charge in [-0.3, -0.25) is 0 Å². The summed E-state index contributed by atoms with van der Waals surface area (Å²) in [6.07, 6.45) is 4.23. The molecule has 0 aromatic heterocycles. The van der Waals surface area contributed by atoms with Crippen LogP contribution in [0, 0.1) is 13.8 Å². The first-order chi connectivity index (χ1) is 11.5. The maximum absolute atomic E-state index is 4.00. The van der Waals surface area contributed by atoms with Gasteiger partial charge in [-0.15, -0.1) is 13.2 Å². The molecule has 0 nitrogen and oxygen atoms in total. The molecule has 3 rings (SSSR count). The average molecular weight is 314 g/mol. The molecule has 0 aliphatic heterocycles. The van der Waals surface area contributed by atoms with Gasteiger partial charge in [-0.05, 0) is 71.5 Å². The quantitative estimate of drug-likeness (QED) is 0.340. The Bertz CT molecular complexity index is 935. The molecular formula is C24H26. The Morgan fingerprint density at radius 3 is 2.08 bits per heavy atom. The second-order valence-electron chi connectivity index (χ2n) is 6.28. The highest BCUT2D eigenvalue weighted by Gasteiger charge is 2.11. The van der Waals surface area contributed by atoms with Crippen molar-refractivity contribution < 1.29 is 0 Å². The minimum Gasteiger partial charge on any atom is -0.106 e. The highest BCUT2D eigenvalue weighted by molar-refractivity contribution is 6.13. The van der Waals surface area contributed by atoms with E-state index in [1.165, 1.54) is 49.4 Å². The smallest absolute Gasteiger partial charge is 0.00695 e. The minimum atomic E-state index is 1.21. The molecule has 0 saturated carbocycles. The summed E-state index contributed by atoms with van der Waals surface area (Å²) >= 11 is 0. The Morgan fingerprint density at radius 2 is 1.50 bits per heavy atom. The van der Waals surface area contributed by atoms with Gasteiger partial charge in [-0.2, -0.15) is 0 Å². The molecule has 0 spiro atoms. The van der Waals surface area contributed by atoms with Crippen molar-refractivity contribution in [3.05, 3.63) is 84.0 Å². The maximum atomic E-state index is 4.00. The molecule has 0 heterocycles. The predicted octanol–water partition coefficient (Wildman–Crippen LogP) is 7.48. The van der Waals surface area contributed by atoms with Crippen molar-refractivity contribution >= 4 is 33.7 Å². The molecule has 3 aromatic carbocycles. The van der Waals surface area contributed by atoms with Crippen molar-refractivity contribution in [3.8, 4) is 0 Å². The maximum Gasteiger partial charge on any atom is -0.00695 e. The first kappa shape index (κ1) is 17.7. The molecule has 0 aliphatic rings. The van der Waals surface area contributed by atoms with E-state index in [9.17, 15) is 0 Å². The van der Waals surface area contributed by atoms with E-state index < -0.39 is 0 Å². The Labute approximate surface area is 145 Å².